The average molecular weight is 507 g/mol. The second-order valence-electron chi connectivity index (χ2n) is 8.31. The van der Waals surface area contributed by atoms with Crippen LogP contribution in [0.2, 0.25) is 0 Å². The van der Waals surface area contributed by atoms with Crippen LogP contribution in [0.4, 0.5) is 17.6 Å². The van der Waals surface area contributed by atoms with E-state index in [0.29, 0.717) is 12.4 Å². The first-order valence-electron chi connectivity index (χ1n) is 11.6. The highest BCUT2D eigenvalue weighted by molar-refractivity contribution is 8.00. The first-order chi connectivity index (χ1) is 16.7. The van der Waals surface area contributed by atoms with Crippen LogP contribution in [0.5, 0.6) is 11.5 Å². The lowest BCUT2D eigenvalue weighted by atomic mass is 10.0. The van der Waals surface area contributed by atoms with E-state index in [1.54, 1.807) is 12.1 Å². The van der Waals surface area contributed by atoms with Crippen LogP contribution in [0.3, 0.4) is 0 Å². The van der Waals surface area contributed by atoms with E-state index in [9.17, 15) is 17.6 Å². The fourth-order valence-corrected chi connectivity index (χ4v) is 4.29. The van der Waals surface area contributed by atoms with E-state index in [0.717, 1.165) is 29.7 Å². The van der Waals surface area contributed by atoms with Gasteiger partial charge in [-0.3, -0.25) is 0 Å². The third-order valence-corrected chi connectivity index (χ3v) is 6.63. The van der Waals surface area contributed by atoms with E-state index in [-0.39, 0.29) is 22.2 Å². The third kappa shape index (κ3) is 7.66. The molecule has 0 aliphatic carbocycles. The smallest absolute Gasteiger partial charge is 0.360 e. The highest BCUT2D eigenvalue weighted by atomic mass is 32.2. The van der Waals surface area contributed by atoms with Crippen LogP contribution >= 0.6 is 11.8 Å². The number of ether oxygens (including phenoxy) is 2. The topological polar surface area (TPSA) is 18.5 Å². The van der Waals surface area contributed by atoms with Crippen molar-refractivity contribution < 1.29 is 27.0 Å². The van der Waals surface area contributed by atoms with Crippen LogP contribution in [-0.2, 0) is 6.42 Å². The van der Waals surface area contributed by atoms with Crippen molar-refractivity contribution in [2.24, 2.45) is 0 Å². The fourth-order valence-electron chi connectivity index (χ4n) is 3.50. The lowest BCUT2D eigenvalue weighted by Crippen LogP contribution is -2.39. The molecule has 0 heterocycles. The van der Waals surface area contributed by atoms with Crippen LogP contribution in [0.25, 0.3) is 11.1 Å². The number of hydrogen-bond acceptors (Lipinski definition) is 3. The van der Waals surface area contributed by atoms with Gasteiger partial charge in [0.15, 0.2) is 0 Å². The molecule has 0 unspecified atom stereocenters. The molecule has 0 aromatic heterocycles. The Morgan fingerprint density at radius 1 is 0.714 bits per heavy atom. The molecule has 0 radical (unpaired) electrons. The van der Waals surface area contributed by atoms with Gasteiger partial charge in [0, 0.05) is 11.3 Å². The Kier molecular flexibility index (Phi) is 9.49. The van der Waals surface area contributed by atoms with Gasteiger partial charge in [-0.05, 0) is 71.3 Å². The van der Waals surface area contributed by atoms with Crippen LogP contribution in [0.15, 0.2) is 77.7 Å². The summed E-state index contributed by atoms with van der Waals surface area (Å²) >= 11 is -0.149. The van der Waals surface area contributed by atoms with Gasteiger partial charge < -0.3 is 9.47 Å². The molecule has 0 saturated carbocycles. The molecule has 0 bridgehead atoms. The van der Waals surface area contributed by atoms with Gasteiger partial charge in [0.05, 0.1) is 13.7 Å². The van der Waals surface area contributed by atoms with Gasteiger partial charge in [0.2, 0.25) is 0 Å². The molecule has 0 spiro atoms. The zero-order chi connectivity index (χ0) is 25.3. The van der Waals surface area contributed by atoms with Crippen molar-refractivity contribution in [2.45, 2.75) is 55.1 Å². The molecule has 3 aromatic carbocycles. The van der Waals surface area contributed by atoms with Gasteiger partial charge in [-0.1, -0.05) is 62.6 Å². The Balaban J connectivity index is 1.59. The van der Waals surface area contributed by atoms with Gasteiger partial charge in [0.25, 0.3) is 0 Å². The zero-order valence-corrected chi connectivity index (χ0v) is 20.7. The highest BCUT2D eigenvalue weighted by Crippen LogP contribution is 2.48. The van der Waals surface area contributed by atoms with Gasteiger partial charge >= 0.3 is 11.2 Å². The van der Waals surface area contributed by atoms with Crippen molar-refractivity contribution >= 4 is 11.8 Å². The van der Waals surface area contributed by atoms with Gasteiger partial charge in [-0.25, -0.2) is 0 Å². The molecular weight excluding hydrogens is 476 g/mol. The Bertz CT molecular complexity index is 1040. The molecule has 3 aromatic rings. The van der Waals surface area contributed by atoms with Crippen molar-refractivity contribution in [3.63, 3.8) is 0 Å². The minimum Gasteiger partial charge on any atom is -0.497 e. The Morgan fingerprint density at radius 3 is 1.86 bits per heavy atom. The van der Waals surface area contributed by atoms with Gasteiger partial charge in [0.1, 0.15) is 11.5 Å². The number of alkyl halides is 4. The van der Waals surface area contributed by atoms with Crippen molar-refractivity contribution in [3.8, 4) is 22.6 Å². The summed E-state index contributed by atoms with van der Waals surface area (Å²) in [6.07, 6.45) is 3.47. The minimum atomic E-state index is -4.27. The van der Waals surface area contributed by atoms with Crippen molar-refractivity contribution in [3.05, 3.63) is 78.4 Å². The fraction of sp³-hybridized carbons (Fsp3) is 0.357. The van der Waals surface area contributed by atoms with Gasteiger partial charge in [-0.15, -0.1) is 0 Å². The molecule has 0 aliphatic rings. The zero-order valence-electron chi connectivity index (χ0n) is 19.9. The van der Waals surface area contributed by atoms with E-state index in [1.165, 1.54) is 56.3 Å². The number of hydrogen-bond donors (Lipinski definition) is 0. The summed E-state index contributed by atoms with van der Waals surface area (Å²) in [4.78, 5) is 0.0409. The predicted octanol–water partition coefficient (Wildman–Crippen LogP) is 8.88. The first-order valence-corrected chi connectivity index (χ1v) is 12.5. The van der Waals surface area contributed by atoms with Crippen molar-refractivity contribution in [1.82, 2.24) is 0 Å². The number of methoxy groups -OCH3 is 1. The summed E-state index contributed by atoms with van der Waals surface area (Å²) in [6.45, 7) is 2.83. The summed E-state index contributed by atoms with van der Waals surface area (Å²) < 4.78 is 68.7. The van der Waals surface area contributed by atoms with Crippen LogP contribution in [0.1, 0.15) is 38.2 Å². The lowest BCUT2D eigenvalue weighted by molar-refractivity contribution is -0.150. The molecule has 7 heteroatoms. The maximum absolute atomic E-state index is 14.5. The Labute approximate surface area is 208 Å². The molecule has 2 nitrogen and oxygen atoms in total. The first kappa shape index (κ1) is 26.9. The predicted molar refractivity (Wildman–Crippen MR) is 134 cm³/mol. The number of thioether (sulfide) groups is 1. The molecular formula is C28H30F4O2S. The monoisotopic (exact) mass is 506 g/mol. The second-order valence-corrected chi connectivity index (χ2v) is 9.49. The Hall–Kier alpha value is -2.67. The minimum absolute atomic E-state index is 0.0409. The summed E-state index contributed by atoms with van der Waals surface area (Å²) in [5.74, 6) is -2.98. The number of benzene rings is 3. The Morgan fingerprint density at radius 2 is 1.29 bits per heavy atom. The van der Waals surface area contributed by atoms with Crippen LogP contribution in [0, 0.1) is 0 Å². The highest BCUT2D eigenvalue weighted by Gasteiger charge is 2.56. The third-order valence-electron chi connectivity index (χ3n) is 5.57. The molecule has 0 fully saturated rings. The SMILES string of the molecule is CCCCCCOc1ccc(-c2ccc(CC(F)(F)C(F)(F)Sc3ccc(OC)cc3)cc2)cc1. The molecule has 0 amide bonds. The molecule has 0 aliphatic heterocycles. The molecule has 0 atom stereocenters. The van der Waals surface area contributed by atoms with E-state index in [4.69, 9.17) is 9.47 Å². The quantitative estimate of drug-likeness (QED) is 0.131. The second kappa shape index (κ2) is 12.3. The van der Waals surface area contributed by atoms with Crippen LogP contribution in [-0.4, -0.2) is 24.9 Å². The number of unbranched alkanes of at least 4 members (excludes halogenated alkanes) is 3. The average Bonchev–Trinajstić information content (AvgIpc) is 2.85. The van der Waals surface area contributed by atoms with E-state index < -0.39 is 17.6 Å². The maximum atomic E-state index is 14.5. The van der Waals surface area contributed by atoms with E-state index in [2.05, 4.69) is 6.92 Å². The maximum Gasteiger partial charge on any atom is 0.360 e. The standard InChI is InChI=1S/C28H30F4O2S/c1-3-4-5-6-19-34-25-13-11-23(12-14-25)22-9-7-21(8-10-22)20-27(29,30)28(31,32)35-26-17-15-24(33-2)16-18-26/h7-18H,3-6,19-20H2,1-2H3. The molecule has 0 saturated heterocycles. The lowest BCUT2D eigenvalue weighted by Gasteiger charge is -2.26. The molecule has 0 N–H and O–H groups in total. The van der Waals surface area contributed by atoms with Crippen molar-refractivity contribution in [1.29, 1.82) is 0 Å². The number of rotatable bonds is 13. The largest absolute Gasteiger partial charge is 0.497 e. The molecule has 3 rings (SSSR count). The molecule has 35 heavy (non-hydrogen) atoms. The van der Waals surface area contributed by atoms with Crippen LogP contribution < -0.4 is 9.47 Å². The summed E-state index contributed by atoms with van der Waals surface area (Å²) in [6, 6.07) is 19.4. The summed E-state index contributed by atoms with van der Waals surface area (Å²) in [5, 5.41) is -4.27. The van der Waals surface area contributed by atoms with E-state index in [1.807, 2.05) is 24.3 Å². The van der Waals surface area contributed by atoms with E-state index >= 15 is 0 Å². The summed E-state index contributed by atoms with van der Waals surface area (Å²) in [7, 11) is 1.44. The van der Waals surface area contributed by atoms with Gasteiger partial charge in [-0.2, -0.15) is 17.6 Å². The number of halogens is 4. The molecule has 188 valence electrons. The summed E-state index contributed by atoms with van der Waals surface area (Å²) in [5.41, 5.74) is 1.84. The normalized spacial score (nSPS) is 11.9. The van der Waals surface area contributed by atoms with Crippen molar-refractivity contribution in [2.75, 3.05) is 13.7 Å².